The van der Waals surface area contributed by atoms with Crippen LogP contribution in [0.2, 0.25) is 5.02 Å². The van der Waals surface area contributed by atoms with Gasteiger partial charge >= 0.3 is 0 Å². The summed E-state index contributed by atoms with van der Waals surface area (Å²) in [4.78, 5) is 2.35. The summed E-state index contributed by atoms with van der Waals surface area (Å²) >= 11 is 5.99. The van der Waals surface area contributed by atoms with Crippen molar-refractivity contribution in [1.82, 2.24) is 4.90 Å². The number of hydrogen-bond donors (Lipinski definition) is 1. The van der Waals surface area contributed by atoms with Crippen molar-refractivity contribution < 1.29 is 5.11 Å². The van der Waals surface area contributed by atoms with E-state index in [0.717, 1.165) is 31.0 Å². The van der Waals surface area contributed by atoms with Crippen LogP contribution in [-0.2, 0) is 6.54 Å². The predicted molar refractivity (Wildman–Crippen MR) is 71.2 cm³/mol. The standard InChI is InChI=1S/C14H20ClNO/c1-14(2,17)13-7-4-8-16(13)10-11-5-3-6-12(15)9-11/h3,5-6,9,13,17H,4,7-8,10H2,1-2H3. The molecule has 1 heterocycles. The highest BCUT2D eigenvalue weighted by Crippen LogP contribution is 2.28. The average molecular weight is 254 g/mol. The highest BCUT2D eigenvalue weighted by atomic mass is 35.5. The quantitative estimate of drug-likeness (QED) is 0.895. The minimum atomic E-state index is -0.630. The Morgan fingerprint density at radius 2 is 2.24 bits per heavy atom. The summed E-state index contributed by atoms with van der Waals surface area (Å²) in [6, 6.07) is 8.21. The van der Waals surface area contributed by atoms with E-state index in [-0.39, 0.29) is 6.04 Å². The Balaban J connectivity index is 2.08. The first-order chi connectivity index (χ1) is 7.97. The molecule has 1 aromatic rings. The molecular weight excluding hydrogens is 234 g/mol. The number of benzene rings is 1. The number of aliphatic hydroxyl groups is 1. The van der Waals surface area contributed by atoms with Gasteiger partial charge in [0, 0.05) is 17.6 Å². The van der Waals surface area contributed by atoms with Gasteiger partial charge < -0.3 is 5.11 Å². The number of likely N-dealkylation sites (tertiary alicyclic amines) is 1. The molecule has 94 valence electrons. The second-order valence-electron chi connectivity index (χ2n) is 5.41. The van der Waals surface area contributed by atoms with E-state index in [0.29, 0.717) is 0 Å². The topological polar surface area (TPSA) is 23.5 Å². The van der Waals surface area contributed by atoms with Gasteiger partial charge in [-0.05, 0) is 50.9 Å². The Kier molecular flexibility index (Phi) is 3.76. The second-order valence-corrected chi connectivity index (χ2v) is 5.85. The molecule has 17 heavy (non-hydrogen) atoms. The number of rotatable bonds is 3. The Hall–Kier alpha value is -0.570. The van der Waals surface area contributed by atoms with Crippen molar-refractivity contribution in [2.75, 3.05) is 6.54 Å². The lowest BCUT2D eigenvalue weighted by molar-refractivity contribution is -0.00501. The molecule has 0 saturated carbocycles. The van der Waals surface area contributed by atoms with Crippen LogP contribution in [0.1, 0.15) is 32.3 Å². The van der Waals surface area contributed by atoms with Crippen LogP contribution < -0.4 is 0 Å². The van der Waals surface area contributed by atoms with Gasteiger partial charge in [0.05, 0.1) is 5.60 Å². The van der Waals surface area contributed by atoms with Crippen LogP contribution in [0, 0.1) is 0 Å². The van der Waals surface area contributed by atoms with Gasteiger partial charge in [-0.2, -0.15) is 0 Å². The van der Waals surface area contributed by atoms with E-state index < -0.39 is 5.60 Å². The van der Waals surface area contributed by atoms with Gasteiger partial charge in [0.1, 0.15) is 0 Å². The molecule has 1 aromatic carbocycles. The van der Waals surface area contributed by atoms with E-state index in [4.69, 9.17) is 11.6 Å². The first kappa shape index (κ1) is 12.9. The molecule has 0 spiro atoms. The maximum Gasteiger partial charge on any atom is 0.0746 e. The zero-order valence-electron chi connectivity index (χ0n) is 10.5. The zero-order chi connectivity index (χ0) is 12.5. The lowest BCUT2D eigenvalue weighted by Crippen LogP contribution is -2.45. The van der Waals surface area contributed by atoms with Crippen molar-refractivity contribution >= 4 is 11.6 Å². The SMILES string of the molecule is CC(C)(O)C1CCCN1Cc1cccc(Cl)c1. The summed E-state index contributed by atoms with van der Waals surface area (Å²) in [6.07, 6.45) is 2.24. The molecule has 1 atom stereocenters. The van der Waals surface area contributed by atoms with Crippen LogP contribution in [-0.4, -0.2) is 28.2 Å². The summed E-state index contributed by atoms with van der Waals surface area (Å²) in [7, 11) is 0. The Morgan fingerprint density at radius 3 is 2.88 bits per heavy atom. The molecule has 1 unspecified atom stereocenters. The second kappa shape index (κ2) is 4.97. The Bertz CT molecular complexity index is 386. The Morgan fingerprint density at radius 1 is 1.47 bits per heavy atom. The van der Waals surface area contributed by atoms with E-state index in [1.165, 1.54) is 5.56 Å². The van der Waals surface area contributed by atoms with Crippen molar-refractivity contribution in [2.24, 2.45) is 0 Å². The third kappa shape index (κ3) is 3.21. The molecule has 1 aliphatic heterocycles. The van der Waals surface area contributed by atoms with Gasteiger partial charge in [-0.15, -0.1) is 0 Å². The fourth-order valence-electron chi connectivity index (χ4n) is 2.69. The van der Waals surface area contributed by atoms with Gasteiger partial charge in [-0.1, -0.05) is 23.7 Å². The number of nitrogens with zero attached hydrogens (tertiary/aromatic N) is 1. The van der Waals surface area contributed by atoms with Gasteiger partial charge in [-0.3, -0.25) is 4.90 Å². The summed E-state index contributed by atoms with van der Waals surface area (Å²) in [5.41, 5.74) is 0.586. The van der Waals surface area contributed by atoms with Crippen LogP contribution in [0.25, 0.3) is 0 Å². The summed E-state index contributed by atoms with van der Waals surface area (Å²) in [5, 5.41) is 10.9. The summed E-state index contributed by atoms with van der Waals surface area (Å²) in [5.74, 6) is 0. The molecule has 0 bridgehead atoms. The maximum absolute atomic E-state index is 10.2. The van der Waals surface area contributed by atoms with E-state index in [1.807, 2.05) is 32.0 Å². The molecule has 0 amide bonds. The molecule has 0 radical (unpaired) electrons. The molecule has 1 saturated heterocycles. The zero-order valence-corrected chi connectivity index (χ0v) is 11.2. The largest absolute Gasteiger partial charge is 0.389 e. The van der Waals surface area contributed by atoms with Gasteiger partial charge in [0.2, 0.25) is 0 Å². The normalized spacial score (nSPS) is 22.0. The van der Waals surface area contributed by atoms with Crippen molar-refractivity contribution in [2.45, 2.75) is 44.9 Å². The van der Waals surface area contributed by atoms with Crippen LogP contribution in [0.5, 0.6) is 0 Å². The maximum atomic E-state index is 10.2. The van der Waals surface area contributed by atoms with Gasteiger partial charge in [0.15, 0.2) is 0 Å². The number of hydrogen-bond acceptors (Lipinski definition) is 2. The monoisotopic (exact) mass is 253 g/mol. The molecule has 1 N–H and O–H groups in total. The smallest absolute Gasteiger partial charge is 0.0746 e. The molecule has 2 nitrogen and oxygen atoms in total. The van der Waals surface area contributed by atoms with Crippen molar-refractivity contribution in [1.29, 1.82) is 0 Å². The predicted octanol–water partition coefficient (Wildman–Crippen LogP) is 3.08. The third-order valence-electron chi connectivity index (χ3n) is 3.45. The first-order valence-electron chi connectivity index (χ1n) is 6.18. The minimum Gasteiger partial charge on any atom is -0.389 e. The molecular formula is C14H20ClNO. The molecule has 1 aliphatic rings. The summed E-state index contributed by atoms with van der Waals surface area (Å²) in [6.45, 7) is 5.72. The van der Waals surface area contributed by atoms with E-state index in [2.05, 4.69) is 11.0 Å². The molecule has 2 rings (SSSR count). The van der Waals surface area contributed by atoms with Crippen LogP contribution in [0.3, 0.4) is 0 Å². The van der Waals surface area contributed by atoms with Gasteiger partial charge in [-0.25, -0.2) is 0 Å². The molecule has 3 heteroatoms. The Labute approximate surface area is 108 Å². The summed E-state index contributed by atoms with van der Waals surface area (Å²) < 4.78 is 0. The molecule has 0 aromatic heterocycles. The third-order valence-corrected chi connectivity index (χ3v) is 3.69. The lowest BCUT2D eigenvalue weighted by Gasteiger charge is -2.33. The highest BCUT2D eigenvalue weighted by molar-refractivity contribution is 6.30. The first-order valence-corrected chi connectivity index (χ1v) is 6.55. The van der Waals surface area contributed by atoms with Crippen LogP contribution in [0.4, 0.5) is 0 Å². The minimum absolute atomic E-state index is 0.251. The fraction of sp³-hybridized carbons (Fsp3) is 0.571. The molecule has 1 fully saturated rings. The van der Waals surface area contributed by atoms with Crippen LogP contribution in [0.15, 0.2) is 24.3 Å². The van der Waals surface area contributed by atoms with Crippen molar-refractivity contribution in [3.8, 4) is 0 Å². The van der Waals surface area contributed by atoms with Crippen LogP contribution >= 0.6 is 11.6 Å². The average Bonchev–Trinajstić information content (AvgIpc) is 2.65. The molecule has 0 aliphatic carbocycles. The fourth-order valence-corrected chi connectivity index (χ4v) is 2.90. The van der Waals surface area contributed by atoms with Crippen molar-refractivity contribution in [3.63, 3.8) is 0 Å². The van der Waals surface area contributed by atoms with Gasteiger partial charge in [0.25, 0.3) is 0 Å². The van der Waals surface area contributed by atoms with Crippen molar-refractivity contribution in [3.05, 3.63) is 34.9 Å². The van der Waals surface area contributed by atoms with E-state index in [1.54, 1.807) is 0 Å². The lowest BCUT2D eigenvalue weighted by atomic mass is 9.96. The highest BCUT2D eigenvalue weighted by Gasteiger charge is 2.35. The van der Waals surface area contributed by atoms with E-state index in [9.17, 15) is 5.11 Å². The van der Waals surface area contributed by atoms with E-state index >= 15 is 0 Å². The number of halogens is 1.